The molecule has 1 atom stereocenters. The van der Waals surface area contributed by atoms with E-state index in [4.69, 9.17) is 0 Å². The number of benzene rings is 2. The van der Waals surface area contributed by atoms with Crippen molar-refractivity contribution in [2.45, 2.75) is 37.1 Å². The highest BCUT2D eigenvalue weighted by molar-refractivity contribution is 7.89. The van der Waals surface area contributed by atoms with Crippen molar-refractivity contribution >= 4 is 21.6 Å². The van der Waals surface area contributed by atoms with Crippen LogP contribution in [0, 0.1) is 5.82 Å². The fourth-order valence-electron chi connectivity index (χ4n) is 4.17. The van der Waals surface area contributed by atoms with E-state index in [0.29, 0.717) is 36.8 Å². The molecule has 0 saturated carbocycles. The van der Waals surface area contributed by atoms with Crippen LogP contribution in [-0.2, 0) is 27.7 Å². The lowest BCUT2D eigenvalue weighted by Gasteiger charge is -2.36. The number of carbonyl (C=O) groups excluding carboxylic acids is 1. The normalized spacial score (nSPS) is 18.7. The highest BCUT2D eigenvalue weighted by atomic mass is 32.2. The highest BCUT2D eigenvalue weighted by Gasteiger charge is 2.32. The monoisotopic (exact) mass is 431 g/mol. The van der Waals surface area contributed by atoms with E-state index in [1.54, 1.807) is 19.1 Å². The predicted molar refractivity (Wildman–Crippen MR) is 113 cm³/mol. The molecular weight excluding hydrogens is 405 g/mol. The zero-order valence-corrected chi connectivity index (χ0v) is 17.8. The molecule has 1 amide bonds. The van der Waals surface area contributed by atoms with Crippen LogP contribution in [0.3, 0.4) is 0 Å². The van der Waals surface area contributed by atoms with Crippen LogP contribution in [0.25, 0.3) is 0 Å². The highest BCUT2D eigenvalue weighted by Crippen LogP contribution is 2.27. The Hall–Kier alpha value is -2.29. The van der Waals surface area contributed by atoms with E-state index in [2.05, 4.69) is 5.32 Å². The number of halogens is 1. The third kappa shape index (κ3) is 4.26. The third-order valence-electron chi connectivity index (χ3n) is 6.00. The number of carbonyl (C=O) groups is 1. The van der Waals surface area contributed by atoms with Crippen LogP contribution in [0.1, 0.15) is 24.5 Å². The second kappa shape index (κ2) is 8.45. The first-order valence-electron chi connectivity index (χ1n) is 10.3. The van der Waals surface area contributed by atoms with E-state index in [1.165, 1.54) is 28.1 Å². The molecule has 1 aliphatic carbocycles. The minimum atomic E-state index is -3.54. The summed E-state index contributed by atoms with van der Waals surface area (Å²) in [6, 6.07) is 10.8. The van der Waals surface area contributed by atoms with Gasteiger partial charge in [0.2, 0.25) is 15.9 Å². The van der Waals surface area contributed by atoms with Gasteiger partial charge in [-0.3, -0.25) is 9.69 Å². The molecule has 0 radical (unpaired) electrons. The Labute approximate surface area is 176 Å². The molecule has 0 spiro atoms. The van der Waals surface area contributed by atoms with E-state index in [1.807, 2.05) is 17.0 Å². The van der Waals surface area contributed by atoms with Crippen molar-refractivity contribution in [3.63, 3.8) is 0 Å². The molecule has 160 valence electrons. The number of anilines is 1. The number of fused-ring (bicyclic) bond motifs is 1. The number of piperazine rings is 1. The Morgan fingerprint density at radius 1 is 1.03 bits per heavy atom. The van der Waals surface area contributed by atoms with Crippen LogP contribution < -0.4 is 5.32 Å². The number of hydrogen-bond donors (Lipinski definition) is 1. The van der Waals surface area contributed by atoms with E-state index < -0.39 is 21.9 Å². The number of amides is 1. The topological polar surface area (TPSA) is 69.7 Å². The number of aryl methyl sites for hydroxylation is 2. The predicted octanol–water partition coefficient (Wildman–Crippen LogP) is 2.65. The summed E-state index contributed by atoms with van der Waals surface area (Å²) in [6.45, 7) is 3.36. The summed E-state index contributed by atoms with van der Waals surface area (Å²) in [4.78, 5) is 14.8. The maximum absolute atomic E-state index is 13.3. The van der Waals surface area contributed by atoms with Crippen LogP contribution in [0.4, 0.5) is 10.1 Å². The molecular formula is C22H26FN3O3S. The number of sulfonamides is 1. The van der Waals surface area contributed by atoms with Gasteiger partial charge in [-0.1, -0.05) is 12.1 Å². The van der Waals surface area contributed by atoms with E-state index in [-0.39, 0.29) is 5.91 Å². The first-order valence-corrected chi connectivity index (χ1v) is 11.7. The van der Waals surface area contributed by atoms with Gasteiger partial charge in [0.25, 0.3) is 0 Å². The maximum Gasteiger partial charge on any atom is 0.243 e. The summed E-state index contributed by atoms with van der Waals surface area (Å²) < 4.78 is 40.9. The van der Waals surface area contributed by atoms with Gasteiger partial charge in [-0.25, -0.2) is 12.8 Å². The number of rotatable bonds is 5. The molecule has 4 rings (SSSR count). The largest absolute Gasteiger partial charge is 0.325 e. The summed E-state index contributed by atoms with van der Waals surface area (Å²) in [5.74, 6) is -0.652. The Bertz CT molecular complexity index is 1050. The molecule has 1 fully saturated rings. The van der Waals surface area contributed by atoms with Gasteiger partial charge in [0.15, 0.2) is 0 Å². The van der Waals surface area contributed by atoms with Crippen molar-refractivity contribution in [3.8, 4) is 0 Å². The Kier molecular flexibility index (Phi) is 5.90. The molecule has 2 aliphatic rings. The fourth-order valence-corrected chi connectivity index (χ4v) is 5.64. The first-order chi connectivity index (χ1) is 14.3. The molecule has 6 nitrogen and oxygen atoms in total. The number of nitrogens with zero attached hydrogens (tertiary/aromatic N) is 2. The van der Waals surface area contributed by atoms with Crippen LogP contribution in [-0.4, -0.2) is 55.8 Å². The van der Waals surface area contributed by atoms with Crippen molar-refractivity contribution in [1.29, 1.82) is 0 Å². The minimum Gasteiger partial charge on any atom is -0.325 e. The Balaban J connectivity index is 1.37. The van der Waals surface area contributed by atoms with Crippen LogP contribution in [0.2, 0.25) is 0 Å². The van der Waals surface area contributed by atoms with Gasteiger partial charge in [0, 0.05) is 31.9 Å². The van der Waals surface area contributed by atoms with Gasteiger partial charge in [-0.15, -0.1) is 0 Å². The standard InChI is InChI=1S/C22H26FN3O3S/c1-16(22(27)24-20-7-3-6-19(23)15-20)25-10-12-26(13-11-25)30(28,29)21-9-8-17-4-2-5-18(17)14-21/h3,6-9,14-16H,2,4-5,10-13H2,1H3,(H,24,27). The lowest BCUT2D eigenvalue weighted by Crippen LogP contribution is -2.53. The van der Waals surface area contributed by atoms with Crippen molar-refractivity contribution in [1.82, 2.24) is 9.21 Å². The summed E-state index contributed by atoms with van der Waals surface area (Å²) in [5, 5.41) is 2.72. The van der Waals surface area contributed by atoms with Crippen LogP contribution in [0.5, 0.6) is 0 Å². The Morgan fingerprint density at radius 2 is 1.77 bits per heavy atom. The molecule has 0 aromatic heterocycles. The zero-order valence-electron chi connectivity index (χ0n) is 17.0. The van der Waals surface area contributed by atoms with E-state index in [0.717, 1.165) is 24.8 Å². The van der Waals surface area contributed by atoms with Crippen molar-refractivity contribution < 1.29 is 17.6 Å². The Morgan fingerprint density at radius 3 is 2.50 bits per heavy atom. The molecule has 1 saturated heterocycles. The summed E-state index contributed by atoms with van der Waals surface area (Å²) in [5.41, 5.74) is 2.79. The van der Waals surface area contributed by atoms with Crippen LogP contribution in [0.15, 0.2) is 47.4 Å². The molecule has 30 heavy (non-hydrogen) atoms. The average Bonchev–Trinajstić information content (AvgIpc) is 3.21. The van der Waals surface area contributed by atoms with Crippen molar-refractivity contribution in [2.24, 2.45) is 0 Å². The quantitative estimate of drug-likeness (QED) is 0.790. The lowest BCUT2D eigenvalue weighted by atomic mass is 10.1. The average molecular weight is 432 g/mol. The maximum atomic E-state index is 13.3. The van der Waals surface area contributed by atoms with Gasteiger partial charge in [-0.2, -0.15) is 4.31 Å². The molecule has 2 aromatic rings. The SMILES string of the molecule is CC(C(=O)Nc1cccc(F)c1)N1CCN(S(=O)(=O)c2ccc3c(c2)CCC3)CC1. The van der Waals surface area contributed by atoms with Gasteiger partial charge < -0.3 is 5.32 Å². The molecule has 1 heterocycles. The summed E-state index contributed by atoms with van der Waals surface area (Å²) in [7, 11) is -3.54. The molecule has 1 aliphatic heterocycles. The van der Waals surface area contributed by atoms with E-state index in [9.17, 15) is 17.6 Å². The van der Waals surface area contributed by atoms with Crippen molar-refractivity contribution in [3.05, 3.63) is 59.4 Å². The minimum absolute atomic E-state index is 0.240. The van der Waals surface area contributed by atoms with Gasteiger partial charge >= 0.3 is 0 Å². The van der Waals surface area contributed by atoms with Gasteiger partial charge in [0.1, 0.15) is 5.82 Å². The number of hydrogen-bond acceptors (Lipinski definition) is 4. The molecule has 8 heteroatoms. The third-order valence-corrected chi connectivity index (χ3v) is 7.89. The molecule has 1 unspecified atom stereocenters. The lowest BCUT2D eigenvalue weighted by molar-refractivity contribution is -0.121. The molecule has 2 aromatic carbocycles. The second-order valence-corrected chi connectivity index (χ2v) is 9.84. The van der Waals surface area contributed by atoms with Gasteiger partial charge in [-0.05, 0) is 67.6 Å². The van der Waals surface area contributed by atoms with Crippen LogP contribution >= 0.6 is 0 Å². The van der Waals surface area contributed by atoms with Crippen molar-refractivity contribution in [2.75, 3.05) is 31.5 Å². The zero-order chi connectivity index (χ0) is 21.3. The smallest absolute Gasteiger partial charge is 0.243 e. The molecule has 1 N–H and O–H groups in total. The summed E-state index contributed by atoms with van der Waals surface area (Å²) >= 11 is 0. The van der Waals surface area contributed by atoms with Gasteiger partial charge in [0.05, 0.1) is 10.9 Å². The molecule has 0 bridgehead atoms. The fraction of sp³-hybridized carbons (Fsp3) is 0.409. The van der Waals surface area contributed by atoms with E-state index >= 15 is 0 Å². The second-order valence-electron chi connectivity index (χ2n) is 7.90. The first kappa shape index (κ1) is 21.0. The number of nitrogens with one attached hydrogen (secondary N) is 1. The summed E-state index contributed by atoms with van der Waals surface area (Å²) in [6.07, 6.45) is 3.03.